The van der Waals surface area contributed by atoms with E-state index >= 15 is 0 Å². The third kappa shape index (κ3) is 3.69. The lowest BCUT2D eigenvalue weighted by atomic mass is 10.0. The van der Waals surface area contributed by atoms with E-state index in [1.54, 1.807) is 0 Å². The zero-order valence-corrected chi connectivity index (χ0v) is 12.5. The third-order valence-electron chi connectivity index (χ3n) is 4.84. The number of hydrogen-bond donors (Lipinski definition) is 1. The van der Waals surface area contributed by atoms with Crippen molar-refractivity contribution in [2.24, 2.45) is 0 Å². The molecular weight excluding hydrogens is 222 g/mol. The van der Waals surface area contributed by atoms with Crippen molar-refractivity contribution in [3.8, 4) is 0 Å². The van der Waals surface area contributed by atoms with E-state index in [1.165, 1.54) is 58.3 Å². The van der Waals surface area contributed by atoms with Crippen molar-refractivity contribution >= 4 is 0 Å². The van der Waals surface area contributed by atoms with Crippen LogP contribution in [0.1, 0.15) is 46.0 Å². The molecule has 106 valence electrons. The second-order valence-electron chi connectivity index (χ2n) is 6.34. The Morgan fingerprint density at radius 1 is 1.00 bits per heavy atom. The molecule has 0 radical (unpaired) electrons. The van der Waals surface area contributed by atoms with Gasteiger partial charge in [-0.1, -0.05) is 0 Å². The zero-order valence-electron chi connectivity index (χ0n) is 12.5. The summed E-state index contributed by atoms with van der Waals surface area (Å²) in [6.07, 6.45) is 6.88. The van der Waals surface area contributed by atoms with Crippen LogP contribution in [0.2, 0.25) is 0 Å². The lowest BCUT2D eigenvalue weighted by molar-refractivity contribution is 0.126. The molecule has 18 heavy (non-hydrogen) atoms. The van der Waals surface area contributed by atoms with Crippen molar-refractivity contribution in [1.82, 2.24) is 15.1 Å². The van der Waals surface area contributed by atoms with E-state index in [0.29, 0.717) is 0 Å². The van der Waals surface area contributed by atoms with Crippen molar-refractivity contribution in [3.05, 3.63) is 0 Å². The highest BCUT2D eigenvalue weighted by Crippen LogP contribution is 2.22. The summed E-state index contributed by atoms with van der Waals surface area (Å²) in [6, 6.07) is 2.28. The summed E-state index contributed by atoms with van der Waals surface area (Å²) >= 11 is 0. The molecule has 2 atom stereocenters. The first kappa shape index (κ1) is 14.3. The van der Waals surface area contributed by atoms with Gasteiger partial charge in [-0.05, 0) is 72.6 Å². The number of rotatable bonds is 3. The molecule has 0 aromatic carbocycles. The Hall–Kier alpha value is -0.120. The Labute approximate surface area is 113 Å². The molecule has 0 aromatic rings. The minimum Gasteiger partial charge on any atom is -0.316 e. The van der Waals surface area contributed by atoms with E-state index in [1.807, 2.05) is 0 Å². The monoisotopic (exact) mass is 253 g/mol. The van der Waals surface area contributed by atoms with Crippen LogP contribution in [0.3, 0.4) is 0 Å². The minimum absolute atomic E-state index is 0.718. The molecule has 3 nitrogen and oxygen atoms in total. The first-order valence-electron chi connectivity index (χ1n) is 7.86. The Bertz CT molecular complexity index is 242. The largest absolute Gasteiger partial charge is 0.316 e. The Morgan fingerprint density at radius 3 is 2.50 bits per heavy atom. The van der Waals surface area contributed by atoms with E-state index < -0.39 is 0 Å². The quantitative estimate of drug-likeness (QED) is 0.829. The second-order valence-corrected chi connectivity index (χ2v) is 6.34. The highest BCUT2D eigenvalue weighted by molar-refractivity contribution is 4.84. The van der Waals surface area contributed by atoms with Crippen LogP contribution in [0.5, 0.6) is 0 Å². The van der Waals surface area contributed by atoms with E-state index in [4.69, 9.17) is 0 Å². The van der Waals surface area contributed by atoms with E-state index in [2.05, 4.69) is 36.0 Å². The lowest BCUT2D eigenvalue weighted by Gasteiger charge is -2.38. The van der Waals surface area contributed by atoms with Gasteiger partial charge in [-0.3, -0.25) is 4.90 Å². The number of hydrogen-bond acceptors (Lipinski definition) is 3. The van der Waals surface area contributed by atoms with Crippen molar-refractivity contribution in [2.45, 2.75) is 64.1 Å². The fraction of sp³-hybridized carbons (Fsp3) is 1.00. The van der Waals surface area contributed by atoms with Gasteiger partial charge in [0.1, 0.15) is 0 Å². The average molecular weight is 253 g/mol. The predicted molar refractivity (Wildman–Crippen MR) is 78.0 cm³/mol. The summed E-state index contributed by atoms with van der Waals surface area (Å²) < 4.78 is 0. The molecule has 2 aliphatic heterocycles. The molecule has 2 unspecified atom stereocenters. The smallest absolute Gasteiger partial charge is 0.0192 e. The molecule has 0 saturated carbocycles. The lowest BCUT2D eigenvalue weighted by Crippen LogP contribution is -2.49. The van der Waals surface area contributed by atoms with Gasteiger partial charge in [0.25, 0.3) is 0 Å². The number of piperidine rings is 1. The SMILES string of the molecule is CNC1CCCN(C2CCCN(C(C)C)CC2)C1. The van der Waals surface area contributed by atoms with Gasteiger partial charge in [-0.25, -0.2) is 0 Å². The van der Waals surface area contributed by atoms with Crippen LogP contribution in [0.25, 0.3) is 0 Å². The van der Waals surface area contributed by atoms with E-state index in [0.717, 1.165) is 18.1 Å². The van der Waals surface area contributed by atoms with Gasteiger partial charge in [0.15, 0.2) is 0 Å². The van der Waals surface area contributed by atoms with Gasteiger partial charge in [0.2, 0.25) is 0 Å². The molecule has 0 amide bonds. The molecule has 2 aliphatic rings. The first-order valence-corrected chi connectivity index (χ1v) is 7.86. The number of likely N-dealkylation sites (N-methyl/N-ethyl adjacent to an activating group) is 1. The van der Waals surface area contributed by atoms with Gasteiger partial charge in [0, 0.05) is 24.7 Å². The summed E-state index contributed by atoms with van der Waals surface area (Å²) in [6.45, 7) is 9.85. The summed E-state index contributed by atoms with van der Waals surface area (Å²) in [5.41, 5.74) is 0. The van der Waals surface area contributed by atoms with Crippen molar-refractivity contribution in [3.63, 3.8) is 0 Å². The summed E-state index contributed by atoms with van der Waals surface area (Å²) in [5, 5.41) is 3.46. The van der Waals surface area contributed by atoms with Crippen molar-refractivity contribution < 1.29 is 0 Å². The molecule has 1 N–H and O–H groups in total. The number of nitrogens with zero attached hydrogens (tertiary/aromatic N) is 2. The van der Waals surface area contributed by atoms with Gasteiger partial charge < -0.3 is 10.2 Å². The second kappa shape index (κ2) is 6.88. The molecule has 0 aromatic heterocycles. The van der Waals surface area contributed by atoms with Crippen LogP contribution in [0.4, 0.5) is 0 Å². The van der Waals surface area contributed by atoms with Crippen LogP contribution >= 0.6 is 0 Å². The topological polar surface area (TPSA) is 18.5 Å². The van der Waals surface area contributed by atoms with Crippen LogP contribution in [0.15, 0.2) is 0 Å². The highest BCUT2D eigenvalue weighted by atomic mass is 15.2. The van der Waals surface area contributed by atoms with Crippen molar-refractivity contribution in [1.29, 1.82) is 0 Å². The summed E-state index contributed by atoms with van der Waals surface area (Å²) in [5.74, 6) is 0. The van der Waals surface area contributed by atoms with Crippen LogP contribution < -0.4 is 5.32 Å². The molecular formula is C15H31N3. The fourth-order valence-corrected chi connectivity index (χ4v) is 3.56. The fourth-order valence-electron chi connectivity index (χ4n) is 3.56. The highest BCUT2D eigenvalue weighted by Gasteiger charge is 2.27. The van der Waals surface area contributed by atoms with Gasteiger partial charge in [-0.2, -0.15) is 0 Å². The molecule has 2 heterocycles. The minimum atomic E-state index is 0.718. The molecule has 3 heteroatoms. The molecule has 0 spiro atoms. The number of likely N-dealkylation sites (tertiary alicyclic amines) is 2. The molecule has 2 rings (SSSR count). The Morgan fingerprint density at radius 2 is 1.78 bits per heavy atom. The standard InChI is InChI=1S/C15H31N3/c1-13(2)17-9-5-7-15(8-11-17)18-10-4-6-14(12-18)16-3/h13-16H,4-12H2,1-3H3. The third-order valence-corrected chi connectivity index (χ3v) is 4.84. The van der Waals surface area contributed by atoms with Crippen LogP contribution in [-0.2, 0) is 0 Å². The summed E-state index contributed by atoms with van der Waals surface area (Å²) in [7, 11) is 2.11. The van der Waals surface area contributed by atoms with E-state index in [9.17, 15) is 0 Å². The Balaban J connectivity index is 1.85. The number of nitrogens with one attached hydrogen (secondary N) is 1. The maximum absolute atomic E-state index is 3.46. The van der Waals surface area contributed by atoms with Gasteiger partial charge >= 0.3 is 0 Å². The first-order chi connectivity index (χ1) is 8.70. The summed E-state index contributed by atoms with van der Waals surface area (Å²) in [4.78, 5) is 5.41. The van der Waals surface area contributed by atoms with Crippen molar-refractivity contribution in [2.75, 3.05) is 33.2 Å². The maximum atomic E-state index is 3.46. The molecule has 0 bridgehead atoms. The Kier molecular flexibility index (Phi) is 5.46. The predicted octanol–water partition coefficient (Wildman–Crippen LogP) is 1.93. The zero-order chi connectivity index (χ0) is 13.0. The molecule has 2 saturated heterocycles. The van der Waals surface area contributed by atoms with Crippen LogP contribution in [0, 0.1) is 0 Å². The van der Waals surface area contributed by atoms with Gasteiger partial charge in [-0.15, -0.1) is 0 Å². The van der Waals surface area contributed by atoms with E-state index in [-0.39, 0.29) is 0 Å². The molecule has 2 fully saturated rings. The average Bonchev–Trinajstić information content (AvgIpc) is 2.64. The molecule has 0 aliphatic carbocycles. The van der Waals surface area contributed by atoms with Crippen LogP contribution in [-0.4, -0.2) is 61.2 Å². The van der Waals surface area contributed by atoms with Gasteiger partial charge in [0.05, 0.1) is 0 Å². The normalized spacial score (nSPS) is 32.7. The maximum Gasteiger partial charge on any atom is 0.0192 e.